The van der Waals surface area contributed by atoms with E-state index >= 15 is 0 Å². The summed E-state index contributed by atoms with van der Waals surface area (Å²) in [7, 11) is 0. The van der Waals surface area contributed by atoms with E-state index in [2.05, 4.69) is 21.3 Å². The number of hydrogen-bond acceptors (Lipinski definition) is 11. The summed E-state index contributed by atoms with van der Waals surface area (Å²) < 4.78 is 15.7. The van der Waals surface area contributed by atoms with E-state index in [1.165, 1.54) is 6.92 Å². The summed E-state index contributed by atoms with van der Waals surface area (Å²) in [6.45, 7) is 5.77. The maximum absolute atomic E-state index is 12.7. The Hall–Kier alpha value is -2.79. The molecule has 5 N–H and O–H groups in total. The molecule has 42 heavy (non-hydrogen) atoms. The largest absolute Gasteiger partial charge is 0.394 e. The summed E-state index contributed by atoms with van der Waals surface area (Å²) in [5.74, 6) is -1.89. The van der Waals surface area contributed by atoms with Crippen molar-refractivity contribution in [3.05, 3.63) is 0 Å². The molecule has 2 atom stereocenters. The second-order valence-corrected chi connectivity index (χ2v) is 10.5. The van der Waals surface area contributed by atoms with E-state index in [9.17, 15) is 28.8 Å². The van der Waals surface area contributed by atoms with Crippen LogP contribution in [0.1, 0.15) is 39.5 Å². The van der Waals surface area contributed by atoms with E-state index in [0.717, 1.165) is 23.1 Å². The molecular weight excluding hydrogens is 574 g/mol. The number of nitrogens with zero attached hydrogens (tertiary/aromatic N) is 1. The zero-order chi connectivity index (χ0) is 31.2. The van der Waals surface area contributed by atoms with Crippen molar-refractivity contribution in [2.24, 2.45) is 0 Å². The molecule has 0 bridgehead atoms. The number of hydrogen-bond donors (Lipinski definition) is 5. The van der Waals surface area contributed by atoms with E-state index in [4.69, 9.17) is 19.3 Å². The van der Waals surface area contributed by atoms with Crippen LogP contribution in [0.4, 0.5) is 0 Å². The van der Waals surface area contributed by atoms with Crippen LogP contribution in [0, 0.1) is 0 Å². The highest BCUT2D eigenvalue weighted by atomic mass is 32.2. The molecule has 1 aliphatic rings. The number of carbonyl (C=O) groups excluding carboxylic acids is 6. The van der Waals surface area contributed by atoms with Crippen molar-refractivity contribution in [3.8, 4) is 0 Å². The smallest absolute Gasteiger partial charge is 0.243 e. The normalized spacial score (nSPS) is 15.4. The summed E-state index contributed by atoms with van der Waals surface area (Å²) in [5.41, 5.74) is 0. The predicted octanol–water partition coefficient (Wildman–Crippen LogP) is -2.07. The van der Waals surface area contributed by atoms with Crippen molar-refractivity contribution in [2.45, 2.75) is 50.8 Å². The summed E-state index contributed by atoms with van der Waals surface area (Å²) in [6.07, 6.45) is 0.850. The van der Waals surface area contributed by atoms with Crippen LogP contribution in [-0.2, 0) is 43.0 Å². The maximum atomic E-state index is 12.7. The minimum Gasteiger partial charge on any atom is -0.394 e. The Bertz CT molecular complexity index is 878. The molecule has 6 amide bonds. The van der Waals surface area contributed by atoms with E-state index in [1.807, 2.05) is 6.92 Å². The Balaban J connectivity index is 2.17. The van der Waals surface area contributed by atoms with Crippen molar-refractivity contribution < 1.29 is 48.1 Å². The minimum absolute atomic E-state index is 0.0323. The third-order valence-corrected chi connectivity index (χ3v) is 6.99. The summed E-state index contributed by atoms with van der Waals surface area (Å²) in [4.78, 5) is 73.7. The molecule has 0 saturated carbocycles. The zero-order valence-corrected chi connectivity index (χ0v) is 25.3. The Morgan fingerprint density at radius 3 is 2.14 bits per heavy atom. The van der Waals surface area contributed by atoms with Gasteiger partial charge in [-0.25, -0.2) is 0 Å². The van der Waals surface area contributed by atoms with Gasteiger partial charge in [0.25, 0.3) is 0 Å². The molecule has 0 spiro atoms. The van der Waals surface area contributed by atoms with Crippen LogP contribution in [0.2, 0.25) is 0 Å². The highest BCUT2D eigenvalue weighted by Crippen LogP contribution is 2.26. The molecule has 1 aliphatic heterocycles. The molecule has 1 heterocycles. The molecule has 1 fully saturated rings. The van der Waals surface area contributed by atoms with Gasteiger partial charge in [0, 0.05) is 58.1 Å². The Morgan fingerprint density at radius 2 is 1.52 bits per heavy atom. The van der Waals surface area contributed by atoms with Gasteiger partial charge in [-0.05, 0) is 6.42 Å². The molecule has 16 heteroatoms. The van der Waals surface area contributed by atoms with Crippen molar-refractivity contribution in [1.29, 1.82) is 0 Å². The van der Waals surface area contributed by atoms with Gasteiger partial charge >= 0.3 is 0 Å². The Morgan fingerprint density at radius 1 is 0.905 bits per heavy atom. The molecule has 0 aliphatic carbocycles. The summed E-state index contributed by atoms with van der Waals surface area (Å²) in [6, 6.07) is -0.823. The molecule has 1 saturated heterocycles. The van der Waals surface area contributed by atoms with Crippen LogP contribution >= 0.6 is 11.8 Å². The van der Waals surface area contributed by atoms with Gasteiger partial charge in [-0.1, -0.05) is 6.92 Å². The van der Waals surface area contributed by atoms with Gasteiger partial charge in [0.05, 0.1) is 51.5 Å². The molecular formula is C26H45N5O10S. The lowest BCUT2D eigenvalue weighted by molar-refractivity contribution is -0.138. The highest BCUT2D eigenvalue weighted by molar-refractivity contribution is 8.00. The van der Waals surface area contributed by atoms with Crippen LogP contribution in [0.5, 0.6) is 0 Å². The van der Waals surface area contributed by atoms with Crippen LogP contribution in [-0.4, -0.2) is 135 Å². The fraction of sp³-hybridized carbons (Fsp3) is 0.769. The average molecular weight is 620 g/mol. The molecule has 2 unspecified atom stereocenters. The molecule has 0 aromatic rings. The Labute approximate surface area is 250 Å². The van der Waals surface area contributed by atoms with Gasteiger partial charge in [0.15, 0.2) is 0 Å². The number of nitrogens with one attached hydrogen (secondary N) is 4. The molecule has 0 aromatic heterocycles. The third kappa shape index (κ3) is 16.6. The fourth-order valence-electron chi connectivity index (χ4n) is 3.60. The quantitative estimate of drug-likeness (QED) is 0.0587. The van der Waals surface area contributed by atoms with E-state index in [1.54, 1.807) is 0 Å². The monoisotopic (exact) mass is 619 g/mol. The third-order valence-electron chi connectivity index (χ3n) is 5.69. The lowest BCUT2D eigenvalue weighted by Gasteiger charge is -2.19. The number of likely N-dealkylation sites (tertiary alicyclic amines) is 1. The highest BCUT2D eigenvalue weighted by Gasteiger charge is 2.39. The van der Waals surface area contributed by atoms with Gasteiger partial charge in [0.1, 0.15) is 6.04 Å². The lowest BCUT2D eigenvalue weighted by atomic mass is 10.3. The molecule has 15 nitrogen and oxygen atoms in total. The van der Waals surface area contributed by atoms with Crippen molar-refractivity contribution in [3.63, 3.8) is 0 Å². The number of rotatable bonds is 24. The molecule has 1 rings (SSSR count). The number of aliphatic hydroxyl groups is 1. The summed E-state index contributed by atoms with van der Waals surface area (Å²) in [5, 5.41) is 18.5. The van der Waals surface area contributed by atoms with Crippen LogP contribution < -0.4 is 21.3 Å². The number of aliphatic hydroxyl groups excluding tert-OH is 1. The first kappa shape index (κ1) is 37.2. The first-order valence-electron chi connectivity index (χ1n) is 14.1. The number of imide groups is 1. The number of thioether (sulfide) groups is 1. The number of carbonyl (C=O) groups is 6. The van der Waals surface area contributed by atoms with Crippen molar-refractivity contribution in [2.75, 3.05) is 78.2 Å². The van der Waals surface area contributed by atoms with Gasteiger partial charge in [-0.2, -0.15) is 0 Å². The van der Waals surface area contributed by atoms with Gasteiger partial charge in [-0.15, -0.1) is 11.8 Å². The van der Waals surface area contributed by atoms with Crippen LogP contribution in [0.25, 0.3) is 0 Å². The fourth-order valence-corrected chi connectivity index (χ4v) is 4.79. The zero-order valence-electron chi connectivity index (χ0n) is 24.4. The molecule has 0 radical (unpaired) electrons. The maximum Gasteiger partial charge on any atom is 0.243 e. The SMILES string of the molecule is CCCNC(=O)C(CSC1CC(=O)N(CCC(=O)NCCOCCOCCC(=O)NCCOCCO)C1=O)NC(C)=O. The number of ether oxygens (including phenoxy) is 3. The predicted molar refractivity (Wildman–Crippen MR) is 153 cm³/mol. The summed E-state index contributed by atoms with van der Waals surface area (Å²) >= 11 is 1.13. The molecule has 240 valence electrons. The van der Waals surface area contributed by atoms with Crippen molar-refractivity contribution >= 4 is 47.2 Å². The Kier molecular flexibility index (Phi) is 20.2. The first-order chi connectivity index (χ1) is 20.2. The van der Waals surface area contributed by atoms with E-state index in [-0.39, 0.29) is 107 Å². The molecule has 0 aromatic carbocycles. The van der Waals surface area contributed by atoms with Crippen molar-refractivity contribution in [1.82, 2.24) is 26.2 Å². The van der Waals surface area contributed by atoms with E-state index in [0.29, 0.717) is 19.7 Å². The second-order valence-electron chi connectivity index (χ2n) is 9.21. The lowest BCUT2D eigenvalue weighted by Crippen LogP contribution is -2.48. The van der Waals surface area contributed by atoms with Gasteiger partial charge in [0.2, 0.25) is 35.4 Å². The van der Waals surface area contributed by atoms with Crippen LogP contribution in [0.3, 0.4) is 0 Å². The second kappa shape index (κ2) is 22.8. The topological polar surface area (TPSA) is 202 Å². The number of amides is 6. The van der Waals surface area contributed by atoms with Gasteiger partial charge < -0.3 is 40.6 Å². The standard InChI is InChI=1S/C26H45N5O10S/c1-3-6-29-25(37)20(30-19(2)33)18-42-21-17-24(36)31(26(21)38)9-4-22(34)27-8-13-41-16-15-39-11-5-23(35)28-7-12-40-14-10-32/h20-21,32H,3-18H2,1-2H3,(H,27,34)(H,28,35)(H,29,37)(H,30,33). The minimum atomic E-state index is -0.823. The van der Waals surface area contributed by atoms with Crippen LogP contribution in [0.15, 0.2) is 0 Å². The average Bonchev–Trinajstić information content (AvgIpc) is 3.23. The van der Waals surface area contributed by atoms with Gasteiger partial charge in [-0.3, -0.25) is 33.7 Å². The first-order valence-corrected chi connectivity index (χ1v) is 15.1. The van der Waals surface area contributed by atoms with E-state index < -0.39 is 17.2 Å².